The Kier molecular flexibility index (Phi) is 2.52. The van der Waals surface area contributed by atoms with Gasteiger partial charge in [-0.15, -0.1) is 0 Å². The van der Waals surface area contributed by atoms with Crippen molar-refractivity contribution in [3.63, 3.8) is 0 Å². The quantitative estimate of drug-likeness (QED) is 0.696. The first-order valence-corrected chi connectivity index (χ1v) is 6.04. The highest BCUT2D eigenvalue weighted by atomic mass is 14.7. The average molecular weight is 221 g/mol. The van der Waals surface area contributed by atoms with Crippen LogP contribution in [0.4, 0.5) is 0 Å². The van der Waals surface area contributed by atoms with E-state index in [1.807, 2.05) is 0 Å². The molecular formula is C16H15N. The zero-order chi connectivity index (χ0) is 11.7. The van der Waals surface area contributed by atoms with Crippen LogP contribution in [-0.2, 0) is 6.42 Å². The molecule has 0 aromatic heterocycles. The van der Waals surface area contributed by atoms with Crippen LogP contribution in [0.15, 0.2) is 53.5 Å². The summed E-state index contributed by atoms with van der Waals surface area (Å²) in [5.74, 6) is 0. The van der Waals surface area contributed by atoms with E-state index in [1.165, 1.54) is 28.0 Å². The summed E-state index contributed by atoms with van der Waals surface area (Å²) in [4.78, 5) is 4.49. The van der Waals surface area contributed by atoms with Crippen LogP contribution in [0.25, 0.3) is 11.1 Å². The average Bonchev–Trinajstić information content (AvgIpc) is 2.40. The molecule has 0 atom stereocenters. The van der Waals surface area contributed by atoms with E-state index < -0.39 is 0 Å². The Hall–Kier alpha value is -1.89. The molecule has 0 aliphatic carbocycles. The molecule has 1 heteroatoms. The SMILES string of the molecule is CC1=NCCc2cc(-c3ccccc3)ccc21. The molecule has 0 saturated heterocycles. The molecule has 0 bridgehead atoms. The van der Waals surface area contributed by atoms with Crippen LogP contribution in [0, 0.1) is 0 Å². The van der Waals surface area contributed by atoms with Crippen molar-refractivity contribution in [1.82, 2.24) is 0 Å². The summed E-state index contributed by atoms with van der Waals surface area (Å²) in [5, 5.41) is 0. The highest BCUT2D eigenvalue weighted by Crippen LogP contribution is 2.24. The number of fused-ring (bicyclic) bond motifs is 1. The maximum atomic E-state index is 4.49. The fourth-order valence-corrected chi connectivity index (χ4v) is 2.39. The van der Waals surface area contributed by atoms with Crippen LogP contribution < -0.4 is 0 Å². The van der Waals surface area contributed by atoms with E-state index in [0.717, 1.165) is 13.0 Å². The summed E-state index contributed by atoms with van der Waals surface area (Å²) in [5.41, 5.74) is 6.51. The molecule has 0 spiro atoms. The summed E-state index contributed by atoms with van der Waals surface area (Å²) >= 11 is 0. The molecule has 0 amide bonds. The number of rotatable bonds is 1. The summed E-state index contributed by atoms with van der Waals surface area (Å²) in [6.07, 6.45) is 1.06. The molecular weight excluding hydrogens is 206 g/mol. The van der Waals surface area contributed by atoms with Gasteiger partial charge in [0.05, 0.1) is 0 Å². The second kappa shape index (κ2) is 4.17. The number of hydrogen-bond donors (Lipinski definition) is 0. The van der Waals surface area contributed by atoms with Crippen molar-refractivity contribution in [2.75, 3.05) is 6.54 Å². The number of hydrogen-bond acceptors (Lipinski definition) is 1. The van der Waals surface area contributed by atoms with Gasteiger partial charge in [0.2, 0.25) is 0 Å². The number of nitrogens with zero attached hydrogens (tertiary/aromatic N) is 1. The van der Waals surface area contributed by atoms with Crippen LogP contribution in [0.3, 0.4) is 0 Å². The van der Waals surface area contributed by atoms with Crippen molar-refractivity contribution in [3.8, 4) is 11.1 Å². The van der Waals surface area contributed by atoms with E-state index in [9.17, 15) is 0 Å². The molecule has 17 heavy (non-hydrogen) atoms. The van der Waals surface area contributed by atoms with E-state index in [1.54, 1.807) is 0 Å². The van der Waals surface area contributed by atoms with Gasteiger partial charge in [0.15, 0.2) is 0 Å². The lowest BCUT2D eigenvalue weighted by molar-refractivity contribution is 0.942. The minimum Gasteiger partial charge on any atom is -0.289 e. The first-order chi connectivity index (χ1) is 8.34. The van der Waals surface area contributed by atoms with Crippen molar-refractivity contribution in [2.45, 2.75) is 13.3 Å². The Morgan fingerprint density at radius 3 is 2.59 bits per heavy atom. The first-order valence-electron chi connectivity index (χ1n) is 6.04. The van der Waals surface area contributed by atoms with Gasteiger partial charge in [-0.2, -0.15) is 0 Å². The largest absolute Gasteiger partial charge is 0.289 e. The van der Waals surface area contributed by atoms with E-state index >= 15 is 0 Å². The first kappa shape index (κ1) is 10.3. The molecule has 3 rings (SSSR count). The predicted molar refractivity (Wildman–Crippen MR) is 72.7 cm³/mol. The maximum absolute atomic E-state index is 4.49. The Bertz CT molecular complexity index is 567. The van der Waals surface area contributed by atoms with Crippen LogP contribution in [0.1, 0.15) is 18.1 Å². The van der Waals surface area contributed by atoms with Crippen LogP contribution in [-0.4, -0.2) is 12.3 Å². The van der Waals surface area contributed by atoms with Gasteiger partial charge in [0, 0.05) is 12.3 Å². The summed E-state index contributed by atoms with van der Waals surface area (Å²) in [6.45, 7) is 3.03. The fourth-order valence-electron chi connectivity index (χ4n) is 2.39. The molecule has 84 valence electrons. The lowest BCUT2D eigenvalue weighted by Crippen LogP contribution is -2.09. The van der Waals surface area contributed by atoms with Gasteiger partial charge in [-0.25, -0.2) is 0 Å². The highest BCUT2D eigenvalue weighted by molar-refractivity contribution is 6.01. The van der Waals surface area contributed by atoms with E-state index in [-0.39, 0.29) is 0 Å². The van der Waals surface area contributed by atoms with E-state index in [4.69, 9.17) is 0 Å². The van der Waals surface area contributed by atoms with Crippen molar-refractivity contribution in [2.24, 2.45) is 4.99 Å². The van der Waals surface area contributed by atoms with Crippen molar-refractivity contribution in [3.05, 3.63) is 59.7 Å². The molecule has 2 aromatic rings. The molecule has 1 nitrogen and oxygen atoms in total. The fraction of sp³-hybridized carbons (Fsp3) is 0.188. The van der Waals surface area contributed by atoms with E-state index in [2.05, 4.69) is 60.4 Å². The zero-order valence-corrected chi connectivity index (χ0v) is 9.98. The van der Waals surface area contributed by atoms with Crippen LogP contribution >= 0.6 is 0 Å². The third-order valence-corrected chi connectivity index (χ3v) is 3.33. The van der Waals surface area contributed by atoms with Gasteiger partial charge < -0.3 is 0 Å². The van der Waals surface area contributed by atoms with Gasteiger partial charge >= 0.3 is 0 Å². The maximum Gasteiger partial charge on any atom is 0.0433 e. The molecule has 0 radical (unpaired) electrons. The molecule has 1 aliphatic heterocycles. The molecule has 0 fully saturated rings. The predicted octanol–water partition coefficient (Wildman–Crippen LogP) is 3.72. The Morgan fingerprint density at radius 2 is 1.76 bits per heavy atom. The molecule has 0 unspecified atom stereocenters. The van der Waals surface area contributed by atoms with Crippen LogP contribution in [0.5, 0.6) is 0 Å². The molecule has 1 heterocycles. The van der Waals surface area contributed by atoms with Crippen LogP contribution in [0.2, 0.25) is 0 Å². The summed E-state index contributed by atoms with van der Waals surface area (Å²) in [6, 6.07) is 17.2. The lowest BCUT2D eigenvalue weighted by Gasteiger charge is -2.15. The molecule has 1 aliphatic rings. The zero-order valence-electron chi connectivity index (χ0n) is 9.98. The second-order valence-electron chi connectivity index (χ2n) is 4.46. The van der Waals surface area contributed by atoms with Crippen molar-refractivity contribution < 1.29 is 0 Å². The molecule has 0 N–H and O–H groups in total. The van der Waals surface area contributed by atoms with Gasteiger partial charge in [-0.05, 0) is 35.6 Å². The van der Waals surface area contributed by atoms with Crippen molar-refractivity contribution in [1.29, 1.82) is 0 Å². The lowest BCUT2D eigenvalue weighted by atomic mass is 9.94. The van der Waals surface area contributed by atoms with E-state index in [0.29, 0.717) is 0 Å². The molecule has 2 aromatic carbocycles. The van der Waals surface area contributed by atoms with Gasteiger partial charge in [0.25, 0.3) is 0 Å². The normalized spacial score (nSPS) is 14.1. The second-order valence-corrected chi connectivity index (χ2v) is 4.46. The minimum absolute atomic E-state index is 0.928. The smallest absolute Gasteiger partial charge is 0.0433 e. The number of benzene rings is 2. The Balaban J connectivity index is 2.08. The third-order valence-electron chi connectivity index (χ3n) is 3.33. The van der Waals surface area contributed by atoms with Gasteiger partial charge in [0.1, 0.15) is 0 Å². The summed E-state index contributed by atoms with van der Waals surface area (Å²) < 4.78 is 0. The molecule has 0 saturated carbocycles. The minimum atomic E-state index is 0.928. The van der Waals surface area contributed by atoms with Gasteiger partial charge in [-0.1, -0.05) is 48.5 Å². The highest BCUT2D eigenvalue weighted by Gasteiger charge is 2.11. The third kappa shape index (κ3) is 1.89. The van der Waals surface area contributed by atoms with Crippen molar-refractivity contribution >= 4 is 5.71 Å². The number of aliphatic imine (C=N–C) groups is 1. The Labute approximate surface area is 102 Å². The van der Waals surface area contributed by atoms with Gasteiger partial charge in [-0.3, -0.25) is 4.99 Å². The summed E-state index contributed by atoms with van der Waals surface area (Å²) in [7, 11) is 0. The standard InChI is InChI=1S/C16H15N/c1-12-16-8-7-14(11-15(16)9-10-17-12)13-5-3-2-4-6-13/h2-8,11H,9-10H2,1H3. The Morgan fingerprint density at radius 1 is 0.941 bits per heavy atom. The topological polar surface area (TPSA) is 12.4 Å². The monoisotopic (exact) mass is 221 g/mol.